The normalized spacial score (nSPS) is 10.8. The molecule has 0 aliphatic heterocycles. The molecule has 0 bridgehead atoms. The Balaban J connectivity index is 2.35. The Labute approximate surface area is 107 Å². The average molecular weight is 233 g/mol. The Morgan fingerprint density at radius 3 is 2.44 bits per heavy atom. The maximum absolute atomic E-state index is 4.25. The predicted molar refractivity (Wildman–Crippen MR) is 76.7 cm³/mol. The van der Waals surface area contributed by atoms with Crippen LogP contribution in [0.1, 0.15) is 11.1 Å². The van der Waals surface area contributed by atoms with E-state index < -0.39 is 0 Å². The molecule has 0 aliphatic carbocycles. The van der Waals surface area contributed by atoms with Crippen LogP contribution in [-0.4, -0.2) is 4.98 Å². The van der Waals surface area contributed by atoms with Crippen LogP contribution in [0.25, 0.3) is 21.9 Å². The minimum Gasteiger partial charge on any atom is -0.264 e. The van der Waals surface area contributed by atoms with Gasteiger partial charge in [-0.3, -0.25) is 4.98 Å². The van der Waals surface area contributed by atoms with Crippen LogP contribution in [0.15, 0.2) is 54.9 Å². The molecule has 88 valence electrons. The molecule has 18 heavy (non-hydrogen) atoms. The lowest BCUT2D eigenvalue weighted by Gasteiger charge is -2.12. The first-order chi connectivity index (χ1) is 8.77. The van der Waals surface area contributed by atoms with Gasteiger partial charge >= 0.3 is 0 Å². The Morgan fingerprint density at radius 2 is 1.67 bits per heavy atom. The summed E-state index contributed by atoms with van der Waals surface area (Å²) in [6.07, 6.45) is 3.82. The van der Waals surface area contributed by atoms with Gasteiger partial charge in [-0.2, -0.15) is 0 Å². The molecule has 0 spiro atoms. The monoisotopic (exact) mass is 233 g/mol. The van der Waals surface area contributed by atoms with E-state index in [9.17, 15) is 0 Å². The summed E-state index contributed by atoms with van der Waals surface area (Å²) in [5.74, 6) is 0. The number of aromatic nitrogens is 1. The maximum atomic E-state index is 4.25. The molecule has 3 rings (SSSR count). The third-order valence-corrected chi connectivity index (χ3v) is 3.50. The molecular weight excluding hydrogens is 218 g/mol. The average Bonchev–Trinajstić information content (AvgIpc) is 2.44. The Morgan fingerprint density at radius 1 is 0.889 bits per heavy atom. The van der Waals surface area contributed by atoms with Gasteiger partial charge in [0.05, 0.1) is 0 Å². The molecule has 0 unspecified atom stereocenters. The highest BCUT2D eigenvalue weighted by molar-refractivity contribution is 5.93. The first kappa shape index (κ1) is 11.0. The number of nitrogens with zero attached hydrogens (tertiary/aromatic N) is 1. The summed E-state index contributed by atoms with van der Waals surface area (Å²) in [4.78, 5) is 4.25. The van der Waals surface area contributed by atoms with Crippen LogP contribution < -0.4 is 0 Å². The van der Waals surface area contributed by atoms with E-state index in [2.05, 4.69) is 55.2 Å². The van der Waals surface area contributed by atoms with E-state index in [1.165, 1.54) is 33.0 Å². The number of pyridine rings is 1. The first-order valence-electron chi connectivity index (χ1n) is 6.17. The molecule has 0 radical (unpaired) electrons. The summed E-state index contributed by atoms with van der Waals surface area (Å²) in [7, 11) is 0. The molecule has 0 saturated carbocycles. The number of fused-ring (bicyclic) bond motifs is 1. The van der Waals surface area contributed by atoms with E-state index in [4.69, 9.17) is 0 Å². The van der Waals surface area contributed by atoms with E-state index in [-0.39, 0.29) is 0 Å². The molecule has 1 heteroatoms. The number of hydrogen-bond donors (Lipinski definition) is 0. The highest BCUT2D eigenvalue weighted by Gasteiger charge is 2.08. The van der Waals surface area contributed by atoms with Gasteiger partial charge in [0.2, 0.25) is 0 Å². The van der Waals surface area contributed by atoms with Crippen LogP contribution in [0, 0.1) is 13.8 Å². The molecule has 3 aromatic rings. The Bertz CT molecular complexity index is 699. The standard InChI is InChI=1S/C17H15N/c1-12-10-16(14-6-4-3-5-7-14)13(2)17-11-18-9-8-15(12)17/h3-11H,1-2H3. The van der Waals surface area contributed by atoms with E-state index in [1.807, 2.05) is 18.5 Å². The fraction of sp³-hybridized carbons (Fsp3) is 0.118. The Kier molecular flexibility index (Phi) is 2.60. The minimum atomic E-state index is 1.25. The van der Waals surface area contributed by atoms with Gasteiger partial charge in [0.25, 0.3) is 0 Å². The fourth-order valence-corrected chi connectivity index (χ4v) is 2.50. The van der Waals surface area contributed by atoms with Crippen molar-refractivity contribution in [3.63, 3.8) is 0 Å². The van der Waals surface area contributed by atoms with Gasteiger partial charge < -0.3 is 0 Å². The number of rotatable bonds is 1. The van der Waals surface area contributed by atoms with E-state index >= 15 is 0 Å². The lowest BCUT2D eigenvalue weighted by atomic mass is 9.93. The van der Waals surface area contributed by atoms with Gasteiger partial charge in [0, 0.05) is 17.8 Å². The van der Waals surface area contributed by atoms with E-state index in [0.29, 0.717) is 0 Å². The maximum Gasteiger partial charge on any atom is 0.0349 e. The van der Waals surface area contributed by atoms with Gasteiger partial charge in [0.1, 0.15) is 0 Å². The zero-order valence-electron chi connectivity index (χ0n) is 10.6. The van der Waals surface area contributed by atoms with E-state index in [1.54, 1.807) is 0 Å². The summed E-state index contributed by atoms with van der Waals surface area (Å²) >= 11 is 0. The summed E-state index contributed by atoms with van der Waals surface area (Å²) in [5, 5.41) is 2.54. The minimum absolute atomic E-state index is 1.25. The van der Waals surface area contributed by atoms with Gasteiger partial charge in [-0.15, -0.1) is 0 Å². The molecule has 0 amide bonds. The predicted octanol–water partition coefficient (Wildman–Crippen LogP) is 4.52. The van der Waals surface area contributed by atoms with Crippen LogP contribution in [0.2, 0.25) is 0 Å². The third kappa shape index (κ3) is 1.68. The molecule has 1 nitrogen and oxygen atoms in total. The van der Waals surface area contributed by atoms with Crippen molar-refractivity contribution in [2.45, 2.75) is 13.8 Å². The molecule has 2 aromatic carbocycles. The molecule has 1 aromatic heterocycles. The van der Waals surface area contributed by atoms with Crippen molar-refractivity contribution in [3.05, 3.63) is 66.0 Å². The molecule has 0 saturated heterocycles. The van der Waals surface area contributed by atoms with Crippen LogP contribution in [0.3, 0.4) is 0 Å². The molecular formula is C17H15N. The zero-order chi connectivity index (χ0) is 12.5. The van der Waals surface area contributed by atoms with Crippen LogP contribution in [0.5, 0.6) is 0 Å². The highest BCUT2D eigenvalue weighted by Crippen LogP contribution is 2.31. The van der Waals surface area contributed by atoms with Crippen molar-refractivity contribution in [3.8, 4) is 11.1 Å². The SMILES string of the molecule is Cc1cc(-c2ccccc2)c(C)c2cnccc12. The summed E-state index contributed by atoms with van der Waals surface area (Å²) in [6.45, 7) is 4.33. The van der Waals surface area contributed by atoms with Crippen LogP contribution >= 0.6 is 0 Å². The molecule has 0 aliphatic rings. The van der Waals surface area contributed by atoms with Crippen molar-refractivity contribution in [2.24, 2.45) is 0 Å². The second kappa shape index (κ2) is 4.26. The second-order valence-corrected chi connectivity index (χ2v) is 4.65. The number of aryl methyl sites for hydroxylation is 2. The van der Waals surface area contributed by atoms with Gasteiger partial charge in [-0.05, 0) is 47.6 Å². The highest BCUT2D eigenvalue weighted by atomic mass is 14.6. The molecule has 1 heterocycles. The zero-order valence-corrected chi connectivity index (χ0v) is 10.6. The second-order valence-electron chi connectivity index (χ2n) is 4.65. The molecule has 0 atom stereocenters. The van der Waals surface area contributed by atoms with Crippen molar-refractivity contribution in [1.29, 1.82) is 0 Å². The van der Waals surface area contributed by atoms with Gasteiger partial charge in [-0.25, -0.2) is 0 Å². The van der Waals surface area contributed by atoms with Crippen LogP contribution in [0.4, 0.5) is 0 Å². The topological polar surface area (TPSA) is 12.9 Å². The largest absolute Gasteiger partial charge is 0.264 e. The number of benzene rings is 2. The summed E-state index contributed by atoms with van der Waals surface area (Å²) in [6, 6.07) is 14.9. The summed E-state index contributed by atoms with van der Waals surface area (Å²) < 4.78 is 0. The third-order valence-electron chi connectivity index (χ3n) is 3.50. The van der Waals surface area contributed by atoms with Gasteiger partial charge in [-0.1, -0.05) is 36.4 Å². The molecule has 0 fully saturated rings. The number of hydrogen-bond acceptors (Lipinski definition) is 1. The van der Waals surface area contributed by atoms with E-state index in [0.717, 1.165) is 0 Å². The van der Waals surface area contributed by atoms with Crippen molar-refractivity contribution in [1.82, 2.24) is 4.98 Å². The molecule has 0 N–H and O–H groups in total. The van der Waals surface area contributed by atoms with Gasteiger partial charge in [0.15, 0.2) is 0 Å². The van der Waals surface area contributed by atoms with Crippen molar-refractivity contribution in [2.75, 3.05) is 0 Å². The lowest BCUT2D eigenvalue weighted by molar-refractivity contribution is 1.34. The smallest absolute Gasteiger partial charge is 0.0349 e. The van der Waals surface area contributed by atoms with Crippen LogP contribution in [-0.2, 0) is 0 Å². The summed E-state index contributed by atoms with van der Waals surface area (Å²) in [5.41, 5.74) is 5.17. The quantitative estimate of drug-likeness (QED) is 0.602. The fourth-order valence-electron chi connectivity index (χ4n) is 2.50. The lowest BCUT2D eigenvalue weighted by Crippen LogP contribution is -1.89. The Hall–Kier alpha value is -2.15. The van der Waals surface area contributed by atoms with Crippen molar-refractivity contribution >= 4 is 10.8 Å². The first-order valence-corrected chi connectivity index (χ1v) is 6.17. The van der Waals surface area contributed by atoms with Crippen molar-refractivity contribution < 1.29 is 0 Å².